The molecular weight excluding hydrogens is 316 g/mol. The van der Waals surface area contributed by atoms with Gasteiger partial charge in [0.25, 0.3) is 0 Å². The molecule has 0 fully saturated rings. The van der Waals surface area contributed by atoms with Crippen LogP contribution in [-0.4, -0.2) is 37.6 Å². The Kier molecular flexibility index (Phi) is 6.50. The molecule has 124 valence electrons. The highest BCUT2D eigenvalue weighted by Gasteiger charge is 2.13. The highest BCUT2D eigenvalue weighted by Crippen LogP contribution is 2.15. The van der Waals surface area contributed by atoms with Gasteiger partial charge >= 0.3 is 0 Å². The largest absolute Gasteiger partial charge is 0.492 e. The molecule has 6 heteroatoms. The summed E-state index contributed by atoms with van der Waals surface area (Å²) < 4.78 is 10.9. The number of rotatable bonds is 8. The molecule has 1 aromatic carbocycles. The van der Waals surface area contributed by atoms with Crippen LogP contribution in [0.5, 0.6) is 5.75 Å². The molecule has 0 radical (unpaired) electrons. The van der Waals surface area contributed by atoms with E-state index in [-0.39, 0.29) is 11.9 Å². The number of likely N-dealkylation sites (N-methyl/N-ethyl adjacent to an activating group) is 1. The molecule has 5 nitrogen and oxygen atoms in total. The number of hydrogen-bond acceptors (Lipinski definition) is 4. The lowest BCUT2D eigenvalue weighted by molar-refractivity contribution is -0.122. The van der Waals surface area contributed by atoms with Gasteiger partial charge in [0.15, 0.2) is 0 Å². The Morgan fingerprint density at radius 1 is 1.35 bits per heavy atom. The Balaban J connectivity index is 1.66. The van der Waals surface area contributed by atoms with Crippen molar-refractivity contribution in [1.82, 2.24) is 10.2 Å². The molecule has 0 saturated carbocycles. The number of carbonyl (C=O) groups excluding carboxylic acids is 1. The summed E-state index contributed by atoms with van der Waals surface area (Å²) in [7, 11) is 1.88. The number of nitrogens with one attached hydrogen (secondary N) is 1. The number of carbonyl (C=O) groups is 1. The number of halogens is 1. The summed E-state index contributed by atoms with van der Waals surface area (Å²) in [6, 6.07) is 10.7. The fraction of sp³-hybridized carbons (Fsp3) is 0.353. The minimum absolute atomic E-state index is 0.0529. The first-order chi connectivity index (χ1) is 11.0. The van der Waals surface area contributed by atoms with E-state index in [4.69, 9.17) is 20.8 Å². The maximum absolute atomic E-state index is 12.0. The summed E-state index contributed by atoms with van der Waals surface area (Å²) in [5.74, 6) is 1.45. The van der Waals surface area contributed by atoms with Gasteiger partial charge in [0.1, 0.15) is 18.1 Å². The fourth-order valence-corrected chi connectivity index (χ4v) is 2.20. The Hall–Kier alpha value is -1.98. The van der Waals surface area contributed by atoms with Crippen LogP contribution in [0.2, 0.25) is 5.02 Å². The molecule has 2 rings (SSSR count). The van der Waals surface area contributed by atoms with E-state index in [1.165, 1.54) is 0 Å². The molecule has 0 aliphatic carbocycles. The second-order valence-electron chi connectivity index (χ2n) is 5.34. The van der Waals surface area contributed by atoms with Crippen molar-refractivity contribution in [2.45, 2.75) is 13.0 Å². The van der Waals surface area contributed by atoms with Crippen LogP contribution in [0.25, 0.3) is 0 Å². The van der Waals surface area contributed by atoms with Gasteiger partial charge in [-0.3, -0.25) is 9.69 Å². The van der Waals surface area contributed by atoms with E-state index in [1.54, 1.807) is 24.5 Å². The number of benzene rings is 1. The van der Waals surface area contributed by atoms with Crippen molar-refractivity contribution in [2.24, 2.45) is 0 Å². The average molecular weight is 337 g/mol. The molecule has 1 heterocycles. The van der Waals surface area contributed by atoms with E-state index in [0.717, 1.165) is 11.5 Å². The van der Waals surface area contributed by atoms with Gasteiger partial charge in [0.05, 0.1) is 18.8 Å². The lowest BCUT2D eigenvalue weighted by atomic mass is 10.2. The van der Waals surface area contributed by atoms with E-state index in [2.05, 4.69) is 5.32 Å². The number of nitrogens with zero attached hydrogens (tertiary/aromatic N) is 1. The van der Waals surface area contributed by atoms with Crippen molar-refractivity contribution < 1.29 is 13.9 Å². The molecule has 0 aliphatic heterocycles. The van der Waals surface area contributed by atoms with E-state index in [9.17, 15) is 4.79 Å². The normalized spacial score (nSPS) is 12.2. The topological polar surface area (TPSA) is 54.7 Å². The van der Waals surface area contributed by atoms with Gasteiger partial charge in [-0.15, -0.1) is 0 Å². The van der Waals surface area contributed by atoms with Crippen molar-refractivity contribution in [2.75, 3.05) is 26.7 Å². The summed E-state index contributed by atoms with van der Waals surface area (Å²) in [5.41, 5.74) is 0. The third-order valence-corrected chi connectivity index (χ3v) is 3.57. The van der Waals surface area contributed by atoms with Crippen LogP contribution >= 0.6 is 11.6 Å². The number of ether oxygens (including phenoxy) is 1. The van der Waals surface area contributed by atoms with Crippen molar-refractivity contribution in [1.29, 1.82) is 0 Å². The van der Waals surface area contributed by atoms with Crippen LogP contribution in [0, 0.1) is 0 Å². The molecule has 1 aromatic heterocycles. The molecule has 1 unspecified atom stereocenters. The van der Waals surface area contributed by atoms with E-state index in [1.807, 2.05) is 37.1 Å². The molecule has 1 atom stereocenters. The standard InChI is InChI=1S/C17H21ClN2O3/c1-13(16-4-3-10-23-16)19-17(21)12-20(2)9-11-22-15-7-5-14(18)6-8-15/h3-8,10,13H,9,11-12H2,1-2H3,(H,19,21). The Labute approximate surface area is 141 Å². The van der Waals surface area contributed by atoms with E-state index < -0.39 is 0 Å². The Bertz CT molecular complexity index is 599. The number of hydrogen-bond donors (Lipinski definition) is 1. The van der Waals surface area contributed by atoms with Gasteiger partial charge in [-0.1, -0.05) is 11.6 Å². The van der Waals surface area contributed by atoms with Gasteiger partial charge in [0.2, 0.25) is 5.91 Å². The average Bonchev–Trinajstić information content (AvgIpc) is 3.03. The van der Waals surface area contributed by atoms with Gasteiger partial charge in [0, 0.05) is 11.6 Å². The number of amides is 1. The van der Waals surface area contributed by atoms with Gasteiger partial charge in [-0.25, -0.2) is 0 Å². The predicted molar refractivity (Wildman–Crippen MR) is 89.7 cm³/mol. The van der Waals surface area contributed by atoms with Crippen LogP contribution < -0.4 is 10.1 Å². The zero-order chi connectivity index (χ0) is 16.7. The summed E-state index contributed by atoms with van der Waals surface area (Å²) in [6.07, 6.45) is 1.60. The van der Waals surface area contributed by atoms with Crippen LogP contribution in [0.4, 0.5) is 0 Å². The molecule has 0 saturated heterocycles. The van der Waals surface area contributed by atoms with Crippen molar-refractivity contribution in [3.8, 4) is 5.75 Å². The summed E-state index contributed by atoms with van der Waals surface area (Å²) >= 11 is 5.82. The Morgan fingerprint density at radius 3 is 2.74 bits per heavy atom. The summed E-state index contributed by atoms with van der Waals surface area (Å²) in [5, 5.41) is 3.58. The maximum Gasteiger partial charge on any atom is 0.234 e. The molecule has 1 amide bonds. The van der Waals surface area contributed by atoms with E-state index >= 15 is 0 Å². The molecular formula is C17H21ClN2O3. The summed E-state index contributed by atoms with van der Waals surface area (Å²) in [4.78, 5) is 13.9. The van der Waals surface area contributed by atoms with Crippen LogP contribution in [0.3, 0.4) is 0 Å². The molecule has 1 N–H and O–H groups in total. The molecule has 0 bridgehead atoms. The third kappa shape index (κ3) is 5.96. The monoisotopic (exact) mass is 336 g/mol. The number of furan rings is 1. The van der Waals surface area contributed by atoms with Gasteiger partial charge in [-0.05, 0) is 50.4 Å². The van der Waals surface area contributed by atoms with Gasteiger partial charge in [-0.2, -0.15) is 0 Å². The molecule has 2 aromatic rings. The minimum Gasteiger partial charge on any atom is -0.492 e. The minimum atomic E-state index is -0.142. The molecule has 0 aliphatic rings. The van der Waals surface area contributed by atoms with E-state index in [0.29, 0.717) is 24.7 Å². The van der Waals surface area contributed by atoms with Crippen molar-refractivity contribution in [3.63, 3.8) is 0 Å². The Morgan fingerprint density at radius 2 is 2.09 bits per heavy atom. The van der Waals surface area contributed by atoms with Gasteiger partial charge < -0.3 is 14.5 Å². The summed E-state index contributed by atoms with van der Waals surface area (Å²) in [6.45, 7) is 3.33. The van der Waals surface area contributed by atoms with Crippen LogP contribution in [-0.2, 0) is 4.79 Å². The second kappa shape index (κ2) is 8.60. The van der Waals surface area contributed by atoms with Crippen molar-refractivity contribution in [3.05, 3.63) is 53.4 Å². The lowest BCUT2D eigenvalue weighted by Gasteiger charge is -2.18. The highest BCUT2D eigenvalue weighted by atomic mass is 35.5. The zero-order valence-corrected chi connectivity index (χ0v) is 14.0. The van der Waals surface area contributed by atoms with Crippen LogP contribution in [0.15, 0.2) is 47.1 Å². The quantitative estimate of drug-likeness (QED) is 0.804. The molecule has 0 spiro atoms. The fourth-order valence-electron chi connectivity index (χ4n) is 2.07. The lowest BCUT2D eigenvalue weighted by Crippen LogP contribution is -2.37. The first-order valence-electron chi connectivity index (χ1n) is 7.44. The van der Waals surface area contributed by atoms with Crippen LogP contribution in [0.1, 0.15) is 18.7 Å². The first-order valence-corrected chi connectivity index (χ1v) is 7.82. The highest BCUT2D eigenvalue weighted by molar-refractivity contribution is 6.30. The first kappa shape index (κ1) is 17.4. The SMILES string of the molecule is CC(NC(=O)CN(C)CCOc1ccc(Cl)cc1)c1ccco1. The predicted octanol–water partition coefficient (Wildman–Crippen LogP) is 3.12. The third-order valence-electron chi connectivity index (χ3n) is 3.32. The molecule has 23 heavy (non-hydrogen) atoms. The second-order valence-corrected chi connectivity index (χ2v) is 5.78. The maximum atomic E-state index is 12.0. The zero-order valence-electron chi connectivity index (χ0n) is 13.3. The van der Waals surface area contributed by atoms with Crippen molar-refractivity contribution >= 4 is 17.5 Å². The smallest absolute Gasteiger partial charge is 0.234 e.